The third-order valence-electron chi connectivity index (χ3n) is 2.49. The molecule has 1 aromatic carbocycles. The number of carbonyl (C=O) groups excluding carboxylic acids is 1. The number of oxazole rings is 1. The Hall–Kier alpha value is -1.95. The third-order valence-corrected chi connectivity index (χ3v) is 3.34. The van der Waals surface area contributed by atoms with Gasteiger partial charge < -0.3 is 15.5 Å². The summed E-state index contributed by atoms with van der Waals surface area (Å²) in [6, 6.07) is 5.51. The molecule has 3 N–H and O–H groups in total. The second-order valence-electron chi connectivity index (χ2n) is 4.13. The zero-order valence-corrected chi connectivity index (χ0v) is 11.6. The fourth-order valence-electron chi connectivity index (χ4n) is 1.56. The molecule has 0 atom stereocenters. The van der Waals surface area contributed by atoms with Gasteiger partial charge in [-0.2, -0.15) is 0 Å². The second-order valence-corrected chi connectivity index (χ2v) is 5.06. The number of rotatable bonds is 4. The van der Waals surface area contributed by atoms with Crippen molar-refractivity contribution in [2.45, 2.75) is 19.1 Å². The van der Waals surface area contributed by atoms with E-state index < -0.39 is 0 Å². The van der Waals surface area contributed by atoms with Crippen molar-refractivity contribution in [1.29, 1.82) is 0 Å². The number of nitrogens with two attached hydrogens (primary N) is 1. The predicted molar refractivity (Wildman–Crippen MR) is 76.2 cm³/mol. The number of anilines is 2. The molecule has 6 heteroatoms. The van der Waals surface area contributed by atoms with Crippen molar-refractivity contribution < 1.29 is 9.21 Å². The first-order chi connectivity index (χ1) is 9.06. The van der Waals surface area contributed by atoms with Gasteiger partial charge in [0, 0.05) is 0 Å². The molecule has 1 heterocycles. The van der Waals surface area contributed by atoms with Gasteiger partial charge in [-0.25, -0.2) is 4.98 Å². The summed E-state index contributed by atoms with van der Waals surface area (Å²) in [7, 11) is 0. The van der Waals surface area contributed by atoms with E-state index in [4.69, 9.17) is 10.2 Å². The van der Waals surface area contributed by atoms with E-state index in [1.807, 2.05) is 26.0 Å². The fourth-order valence-corrected chi connectivity index (χ4v) is 2.21. The summed E-state index contributed by atoms with van der Waals surface area (Å²) in [5.74, 6) is 0.0927. The smallest absolute Gasteiger partial charge is 0.256 e. The predicted octanol–water partition coefficient (Wildman–Crippen LogP) is 2.60. The van der Waals surface area contributed by atoms with Crippen LogP contribution >= 0.6 is 11.8 Å². The lowest BCUT2D eigenvalue weighted by Crippen LogP contribution is -2.16. The molecule has 0 unspecified atom stereocenters. The summed E-state index contributed by atoms with van der Waals surface area (Å²) in [5.41, 5.74) is 8.78. The molecule has 0 aliphatic heterocycles. The van der Waals surface area contributed by atoms with Crippen LogP contribution < -0.4 is 11.1 Å². The lowest BCUT2D eigenvalue weighted by molar-refractivity contribution is -0.113. The topological polar surface area (TPSA) is 81.2 Å². The SMILES string of the molecule is Cc1coc(SCC(=O)Nc2c(C)cccc2N)n1. The molecule has 0 saturated carbocycles. The van der Waals surface area contributed by atoms with Gasteiger partial charge in [-0.05, 0) is 25.5 Å². The van der Waals surface area contributed by atoms with Gasteiger partial charge in [0.15, 0.2) is 0 Å². The molecule has 1 amide bonds. The van der Waals surface area contributed by atoms with Crippen molar-refractivity contribution in [2.24, 2.45) is 0 Å². The van der Waals surface area contributed by atoms with Crippen LogP contribution in [-0.2, 0) is 4.79 Å². The monoisotopic (exact) mass is 277 g/mol. The van der Waals surface area contributed by atoms with Crippen LogP contribution in [0.4, 0.5) is 11.4 Å². The summed E-state index contributed by atoms with van der Waals surface area (Å²) in [6.07, 6.45) is 1.56. The van der Waals surface area contributed by atoms with E-state index in [2.05, 4.69) is 10.3 Å². The van der Waals surface area contributed by atoms with Gasteiger partial charge in [-0.1, -0.05) is 23.9 Å². The molecule has 0 aliphatic rings. The molecule has 5 nitrogen and oxygen atoms in total. The number of hydrogen-bond donors (Lipinski definition) is 2. The van der Waals surface area contributed by atoms with E-state index in [0.717, 1.165) is 11.3 Å². The summed E-state index contributed by atoms with van der Waals surface area (Å²) in [6.45, 7) is 3.73. The van der Waals surface area contributed by atoms with Crippen molar-refractivity contribution in [1.82, 2.24) is 4.98 Å². The Morgan fingerprint density at radius 1 is 1.47 bits per heavy atom. The van der Waals surface area contributed by atoms with Gasteiger partial charge >= 0.3 is 0 Å². The number of amides is 1. The first-order valence-corrected chi connectivity index (χ1v) is 6.74. The van der Waals surface area contributed by atoms with Gasteiger partial charge in [0.25, 0.3) is 5.22 Å². The highest BCUT2D eigenvalue weighted by Crippen LogP contribution is 2.23. The maximum atomic E-state index is 11.8. The van der Waals surface area contributed by atoms with Gasteiger partial charge in [-0.3, -0.25) is 4.79 Å². The van der Waals surface area contributed by atoms with Crippen molar-refractivity contribution in [3.05, 3.63) is 35.7 Å². The van der Waals surface area contributed by atoms with E-state index in [1.54, 1.807) is 12.3 Å². The number of thioether (sulfide) groups is 1. The molecular weight excluding hydrogens is 262 g/mol. The maximum absolute atomic E-state index is 11.8. The Balaban J connectivity index is 1.94. The number of aromatic nitrogens is 1. The fraction of sp³-hybridized carbons (Fsp3) is 0.231. The van der Waals surface area contributed by atoms with Crippen molar-refractivity contribution >= 4 is 29.0 Å². The number of aryl methyl sites for hydroxylation is 2. The van der Waals surface area contributed by atoms with Crippen LogP contribution in [0.15, 0.2) is 34.1 Å². The van der Waals surface area contributed by atoms with Crippen LogP contribution in [0.5, 0.6) is 0 Å². The average Bonchev–Trinajstić information content (AvgIpc) is 2.77. The zero-order chi connectivity index (χ0) is 13.8. The van der Waals surface area contributed by atoms with Crippen molar-refractivity contribution in [3.8, 4) is 0 Å². The highest BCUT2D eigenvalue weighted by molar-refractivity contribution is 7.99. The van der Waals surface area contributed by atoms with Gasteiger partial charge in [-0.15, -0.1) is 0 Å². The largest absolute Gasteiger partial charge is 0.440 e. The number of para-hydroxylation sites is 1. The zero-order valence-electron chi connectivity index (χ0n) is 10.8. The Bertz CT molecular complexity index is 575. The summed E-state index contributed by atoms with van der Waals surface area (Å²) >= 11 is 1.25. The van der Waals surface area contributed by atoms with E-state index in [-0.39, 0.29) is 11.7 Å². The van der Waals surface area contributed by atoms with E-state index in [0.29, 0.717) is 16.6 Å². The molecule has 2 rings (SSSR count). The molecule has 0 bridgehead atoms. The number of carbonyl (C=O) groups is 1. The van der Waals surface area contributed by atoms with Crippen LogP contribution in [0.1, 0.15) is 11.3 Å². The Kier molecular flexibility index (Phi) is 4.11. The Labute approximate surface area is 115 Å². The van der Waals surface area contributed by atoms with Gasteiger partial charge in [0.1, 0.15) is 6.26 Å². The molecule has 0 radical (unpaired) electrons. The minimum absolute atomic E-state index is 0.137. The highest BCUT2D eigenvalue weighted by atomic mass is 32.2. The number of benzene rings is 1. The number of nitrogens with one attached hydrogen (secondary N) is 1. The van der Waals surface area contributed by atoms with Crippen molar-refractivity contribution in [3.63, 3.8) is 0 Å². The number of nitrogen functional groups attached to an aromatic ring is 1. The Morgan fingerprint density at radius 2 is 2.26 bits per heavy atom. The molecular formula is C13H15N3O2S. The maximum Gasteiger partial charge on any atom is 0.256 e. The molecule has 0 saturated heterocycles. The summed E-state index contributed by atoms with van der Waals surface area (Å²) in [4.78, 5) is 16.0. The highest BCUT2D eigenvalue weighted by Gasteiger charge is 2.10. The quantitative estimate of drug-likeness (QED) is 0.663. The molecule has 2 aromatic rings. The molecule has 1 aromatic heterocycles. The lowest BCUT2D eigenvalue weighted by atomic mass is 10.1. The molecule has 0 spiro atoms. The molecule has 0 fully saturated rings. The second kappa shape index (κ2) is 5.79. The summed E-state index contributed by atoms with van der Waals surface area (Å²) < 4.78 is 5.16. The lowest BCUT2D eigenvalue weighted by Gasteiger charge is -2.10. The first kappa shape index (κ1) is 13.5. The average molecular weight is 277 g/mol. The summed E-state index contributed by atoms with van der Waals surface area (Å²) in [5, 5.41) is 3.29. The van der Waals surface area contributed by atoms with Crippen LogP contribution in [0.3, 0.4) is 0 Å². The first-order valence-electron chi connectivity index (χ1n) is 5.76. The van der Waals surface area contributed by atoms with Crippen LogP contribution in [0.2, 0.25) is 0 Å². The van der Waals surface area contributed by atoms with E-state index in [1.165, 1.54) is 11.8 Å². The minimum Gasteiger partial charge on any atom is -0.440 e. The third kappa shape index (κ3) is 3.51. The standard InChI is InChI=1S/C13H15N3O2S/c1-8-4-3-5-10(14)12(8)16-11(17)7-19-13-15-9(2)6-18-13/h3-6H,7,14H2,1-2H3,(H,16,17). The molecule has 19 heavy (non-hydrogen) atoms. The van der Waals surface area contributed by atoms with E-state index in [9.17, 15) is 4.79 Å². The normalized spacial score (nSPS) is 10.4. The number of hydrogen-bond acceptors (Lipinski definition) is 5. The van der Waals surface area contributed by atoms with Gasteiger partial charge in [0.05, 0.1) is 22.8 Å². The van der Waals surface area contributed by atoms with E-state index >= 15 is 0 Å². The van der Waals surface area contributed by atoms with Crippen LogP contribution in [0.25, 0.3) is 0 Å². The number of nitrogens with zero attached hydrogens (tertiary/aromatic N) is 1. The van der Waals surface area contributed by atoms with Crippen LogP contribution in [0, 0.1) is 13.8 Å². The van der Waals surface area contributed by atoms with Gasteiger partial charge in [0.2, 0.25) is 5.91 Å². The van der Waals surface area contributed by atoms with Crippen LogP contribution in [-0.4, -0.2) is 16.6 Å². The minimum atomic E-state index is -0.137. The van der Waals surface area contributed by atoms with Crippen molar-refractivity contribution in [2.75, 3.05) is 16.8 Å². The molecule has 100 valence electrons. The Morgan fingerprint density at radius 3 is 2.89 bits per heavy atom. The molecule has 0 aliphatic carbocycles.